The Balaban J connectivity index is 1.18. The van der Waals surface area contributed by atoms with Crippen LogP contribution in [0.1, 0.15) is 54.3 Å². The maximum Gasteiger partial charge on any atom is 0.227 e. The molecule has 2 aromatic heterocycles. The number of hydrogen-bond donors (Lipinski definition) is 1. The zero-order valence-electron chi connectivity index (χ0n) is 16.9. The van der Waals surface area contributed by atoms with Crippen LogP contribution in [0.4, 0.5) is 0 Å². The SMILES string of the molecule is c1ccc([C@@H]2C[C@H](c3noc(CCc4nc5ccccc5[nH]4)n3)[C@H]3CCCN32)cc1. The van der Waals surface area contributed by atoms with Gasteiger partial charge in [0.2, 0.25) is 5.89 Å². The van der Waals surface area contributed by atoms with Gasteiger partial charge in [0.15, 0.2) is 5.82 Å². The minimum absolute atomic E-state index is 0.349. The molecule has 2 saturated heterocycles. The lowest BCUT2D eigenvalue weighted by Crippen LogP contribution is -2.27. The second kappa shape index (κ2) is 7.36. The van der Waals surface area contributed by atoms with Crippen LogP contribution < -0.4 is 0 Å². The Morgan fingerprint density at radius 2 is 1.87 bits per heavy atom. The van der Waals surface area contributed by atoms with Gasteiger partial charge in [-0.15, -0.1) is 0 Å². The van der Waals surface area contributed by atoms with Crippen molar-refractivity contribution < 1.29 is 4.52 Å². The number of hydrogen-bond acceptors (Lipinski definition) is 5. The van der Waals surface area contributed by atoms with Gasteiger partial charge in [0.25, 0.3) is 0 Å². The van der Waals surface area contributed by atoms with Crippen molar-refractivity contribution in [1.82, 2.24) is 25.0 Å². The zero-order valence-corrected chi connectivity index (χ0v) is 16.9. The molecule has 0 amide bonds. The minimum Gasteiger partial charge on any atom is -0.342 e. The van der Waals surface area contributed by atoms with E-state index in [9.17, 15) is 0 Å². The molecule has 0 radical (unpaired) electrons. The first kappa shape index (κ1) is 17.8. The van der Waals surface area contributed by atoms with E-state index in [1.807, 2.05) is 24.3 Å². The summed E-state index contributed by atoms with van der Waals surface area (Å²) in [6.07, 6.45) is 5.01. The van der Waals surface area contributed by atoms with Crippen molar-refractivity contribution in [3.05, 3.63) is 77.7 Å². The molecule has 6 nitrogen and oxygen atoms in total. The Morgan fingerprint density at radius 3 is 2.77 bits per heavy atom. The number of nitrogens with zero attached hydrogens (tertiary/aromatic N) is 4. The summed E-state index contributed by atoms with van der Waals surface area (Å²) in [7, 11) is 0. The summed E-state index contributed by atoms with van der Waals surface area (Å²) >= 11 is 0. The maximum absolute atomic E-state index is 5.64. The molecule has 6 rings (SSSR count). The summed E-state index contributed by atoms with van der Waals surface area (Å²) < 4.78 is 5.64. The van der Waals surface area contributed by atoms with Crippen LogP contribution in [0.25, 0.3) is 11.0 Å². The molecule has 0 unspecified atom stereocenters. The van der Waals surface area contributed by atoms with E-state index in [4.69, 9.17) is 9.51 Å². The zero-order chi connectivity index (χ0) is 19.9. The van der Waals surface area contributed by atoms with Crippen LogP contribution in [-0.2, 0) is 12.8 Å². The molecule has 6 heteroatoms. The van der Waals surface area contributed by atoms with Crippen LogP contribution >= 0.6 is 0 Å². The molecule has 0 spiro atoms. The molecular weight excluding hydrogens is 374 g/mol. The second-order valence-electron chi connectivity index (χ2n) is 8.46. The number of fused-ring (bicyclic) bond motifs is 2. The highest BCUT2D eigenvalue weighted by Gasteiger charge is 2.46. The first-order valence-electron chi connectivity index (χ1n) is 10.9. The normalized spacial score (nSPS) is 23.9. The van der Waals surface area contributed by atoms with Gasteiger partial charge in [-0.25, -0.2) is 4.98 Å². The number of benzene rings is 2. The third kappa shape index (κ3) is 3.12. The van der Waals surface area contributed by atoms with E-state index < -0.39 is 0 Å². The summed E-state index contributed by atoms with van der Waals surface area (Å²) in [5.74, 6) is 2.90. The van der Waals surface area contributed by atoms with Crippen molar-refractivity contribution in [3.63, 3.8) is 0 Å². The van der Waals surface area contributed by atoms with E-state index in [2.05, 4.69) is 50.4 Å². The number of imidazole rings is 1. The fourth-order valence-corrected chi connectivity index (χ4v) is 5.32. The predicted molar refractivity (Wildman–Crippen MR) is 114 cm³/mol. The maximum atomic E-state index is 5.64. The summed E-state index contributed by atoms with van der Waals surface area (Å²) in [5, 5.41) is 4.40. The van der Waals surface area contributed by atoms with Crippen LogP contribution in [0.2, 0.25) is 0 Å². The van der Waals surface area contributed by atoms with Gasteiger partial charge in [-0.05, 0) is 43.5 Å². The molecule has 0 saturated carbocycles. The molecule has 4 aromatic rings. The van der Waals surface area contributed by atoms with E-state index >= 15 is 0 Å². The summed E-state index contributed by atoms with van der Waals surface area (Å²) in [6, 6.07) is 19.9. The largest absolute Gasteiger partial charge is 0.342 e. The van der Waals surface area contributed by atoms with Gasteiger partial charge in [0, 0.05) is 30.8 Å². The van der Waals surface area contributed by atoms with Gasteiger partial charge in [0.1, 0.15) is 5.82 Å². The average molecular weight is 399 g/mol. The lowest BCUT2D eigenvalue weighted by Gasteiger charge is -2.24. The first-order chi connectivity index (χ1) is 14.8. The van der Waals surface area contributed by atoms with E-state index in [0.717, 1.165) is 42.1 Å². The fourth-order valence-electron chi connectivity index (χ4n) is 5.32. The first-order valence-corrected chi connectivity index (χ1v) is 10.9. The van der Waals surface area contributed by atoms with E-state index in [1.54, 1.807) is 0 Å². The van der Waals surface area contributed by atoms with Crippen molar-refractivity contribution in [1.29, 1.82) is 0 Å². The number of aromatic nitrogens is 4. The lowest BCUT2D eigenvalue weighted by atomic mass is 9.94. The van der Waals surface area contributed by atoms with E-state index in [0.29, 0.717) is 30.3 Å². The van der Waals surface area contributed by atoms with Crippen LogP contribution in [0.3, 0.4) is 0 Å². The van der Waals surface area contributed by atoms with Crippen molar-refractivity contribution in [2.75, 3.05) is 6.54 Å². The van der Waals surface area contributed by atoms with Crippen molar-refractivity contribution in [3.8, 4) is 0 Å². The van der Waals surface area contributed by atoms with Gasteiger partial charge < -0.3 is 9.51 Å². The molecular formula is C24H25N5O. The number of aromatic amines is 1. The van der Waals surface area contributed by atoms with Crippen molar-refractivity contribution in [2.45, 2.75) is 50.1 Å². The molecule has 2 aliphatic heterocycles. The molecule has 2 aliphatic rings. The van der Waals surface area contributed by atoms with Crippen LogP contribution in [-0.4, -0.2) is 37.6 Å². The Labute approximate surface area is 175 Å². The topological polar surface area (TPSA) is 70.8 Å². The molecule has 0 aliphatic carbocycles. The Kier molecular flexibility index (Phi) is 4.38. The Bertz CT molecular complexity index is 1120. The summed E-state index contributed by atoms with van der Waals surface area (Å²) in [6.45, 7) is 1.16. The monoisotopic (exact) mass is 399 g/mol. The van der Waals surface area contributed by atoms with Gasteiger partial charge in [-0.2, -0.15) is 4.98 Å². The van der Waals surface area contributed by atoms with Gasteiger partial charge >= 0.3 is 0 Å². The molecule has 4 heterocycles. The van der Waals surface area contributed by atoms with Crippen LogP contribution in [0, 0.1) is 0 Å². The smallest absolute Gasteiger partial charge is 0.227 e. The molecule has 2 fully saturated rings. The van der Waals surface area contributed by atoms with Crippen molar-refractivity contribution >= 4 is 11.0 Å². The molecule has 0 bridgehead atoms. The number of nitrogens with one attached hydrogen (secondary N) is 1. The third-order valence-electron chi connectivity index (χ3n) is 6.70. The Hall–Kier alpha value is -2.99. The number of rotatable bonds is 5. The number of aryl methyl sites for hydroxylation is 2. The van der Waals surface area contributed by atoms with Crippen LogP contribution in [0.5, 0.6) is 0 Å². The highest BCUT2D eigenvalue weighted by Crippen LogP contribution is 2.48. The Morgan fingerprint density at radius 1 is 1.00 bits per heavy atom. The van der Waals surface area contributed by atoms with E-state index in [-0.39, 0.29) is 0 Å². The number of H-pyrrole nitrogens is 1. The standard InChI is InChI=1S/C24H25N5O/c1-2-7-16(8-3-1)21-15-17(20-11-6-14-29(20)21)24-27-23(30-28-24)13-12-22-25-18-9-4-5-10-19(18)26-22/h1-5,7-10,17,20-21H,6,11-15H2,(H,25,26)/t17-,20+,21-/m0/s1. The average Bonchev–Trinajstić information content (AvgIpc) is 3.55. The fraction of sp³-hybridized carbons (Fsp3) is 0.375. The predicted octanol–water partition coefficient (Wildman–Crippen LogP) is 4.42. The number of para-hydroxylation sites is 2. The van der Waals surface area contributed by atoms with E-state index in [1.165, 1.54) is 18.4 Å². The molecule has 30 heavy (non-hydrogen) atoms. The second-order valence-corrected chi connectivity index (χ2v) is 8.46. The highest BCUT2D eigenvalue weighted by atomic mass is 16.5. The van der Waals surface area contributed by atoms with Gasteiger partial charge in [0.05, 0.1) is 11.0 Å². The molecule has 1 N–H and O–H groups in total. The molecule has 152 valence electrons. The van der Waals surface area contributed by atoms with Gasteiger partial charge in [-0.1, -0.05) is 47.6 Å². The molecule has 2 aromatic carbocycles. The highest BCUT2D eigenvalue weighted by molar-refractivity contribution is 5.74. The third-order valence-corrected chi connectivity index (χ3v) is 6.70. The quantitative estimate of drug-likeness (QED) is 0.538. The van der Waals surface area contributed by atoms with Gasteiger partial charge in [-0.3, -0.25) is 4.90 Å². The minimum atomic E-state index is 0.349. The van der Waals surface area contributed by atoms with Crippen molar-refractivity contribution in [2.24, 2.45) is 0 Å². The summed E-state index contributed by atoms with van der Waals surface area (Å²) in [5.41, 5.74) is 3.47. The molecule has 3 atom stereocenters. The lowest BCUT2D eigenvalue weighted by molar-refractivity contribution is 0.243. The van der Waals surface area contributed by atoms with Crippen LogP contribution in [0.15, 0.2) is 59.1 Å². The summed E-state index contributed by atoms with van der Waals surface area (Å²) in [4.78, 5) is 15.5.